The van der Waals surface area contributed by atoms with Gasteiger partial charge < -0.3 is 20.4 Å². The summed E-state index contributed by atoms with van der Waals surface area (Å²) in [5.74, 6) is -0.0379. The largest absolute Gasteiger partial charge is 0.354 e. The molecule has 1 amide bonds. The lowest BCUT2D eigenvalue weighted by molar-refractivity contribution is -0.121. The Balaban J connectivity index is 1.20. The molecule has 2 fully saturated rings. The molecule has 2 aliphatic rings. The molecule has 5 rings (SSSR count). The average molecular weight is 496 g/mol. The van der Waals surface area contributed by atoms with Crippen LogP contribution in [0.15, 0.2) is 42.6 Å². The standard InChI is InChI=1S/C25H27ClFN7O/c1-16-21(11-22(32-31-16)19-9-17(26)3-4-20(19)27)29-18-5-7-28-23(10-18)30-24(35)6-8-34-14-25(15-34)12-33(2)13-25/h3-5,7,9-11H,6,8,12-15H2,1-2H3,(H2,28,29,30,32,35). The fourth-order valence-electron chi connectivity index (χ4n) is 4.96. The number of aryl methyl sites for hydroxylation is 1. The van der Waals surface area contributed by atoms with Crippen LogP contribution in [0.2, 0.25) is 5.02 Å². The van der Waals surface area contributed by atoms with E-state index in [9.17, 15) is 9.18 Å². The van der Waals surface area contributed by atoms with E-state index in [4.69, 9.17) is 11.6 Å². The first-order chi connectivity index (χ1) is 16.8. The monoisotopic (exact) mass is 495 g/mol. The summed E-state index contributed by atoms with van der Waals surface area (Å²) in [7, 11) is 2.14. The van der Waals surface area contributed by atoms with Crippen LogP contribution in [0.25, 0.3) is 11.3 Å². The smallest absolute Gasteiger partial charge is 0.226 e. The fourth-order valence-corrected chi connectivity index (χ4v) is 5.13. The zero-order valence-electron chi connectivity index (χ0n) is 19.7. The molecule has 35 heavy (non-hydrogen) atoms. The average Bonchev–Trinajstić information content (AvgIpc) is 2.78. The maximum atomic E-state index is 14.3. The van der Waals surface area contributed by atoms with Gasteiger partial charge in [0.15, 0.2) is 0 Å². The summed E-state index contributed by atoms with van der Waals surface area (Å²) in [6, 6.07) is 9.56. The third kappa shape index (κ3) is 5.27. The van der Waals surface area contributed by atoms with Crippen molar-refractivity contribution in [3.8, 4) is 11.3 Å². The van der Waals surface area contributed by atoms with Gasteiger partial charge in [0, 0.05) is 73.1 Å². The van der Waals surface area contributed by atoms with Crippen molar-refractivity contribution in [3.63, 3.8) is 0 Å². The van der Waals surface area contributed by atoms with Crippen LogP contribution in [-0.4, -0.2) is 70.7 Å². The van der Waals surface area contributed by atoms with Gasteiger partial charge in [-0.1, -0.05) is 11.6 Å². The van der Waals surface area contributed by atoms with Crippen LogP contribution in [0.3, 0.4) is 0 Å². The number of amides is 1. The Morgan fingerprint density at radius 3 is 2.71 bits per heavy atom. The van der Waals surface area contributed by atoms with Crippen LogP contribution in [0.1, 0.15) is 12.1 Å². The number of pyridine rings is 1. The van der Waals surface area contributed by atoms with E-state index in [1.165, 1.54) is 18.2 Å². The van der Waals surface area contributed by atoms with Gasteiger partial charge in [0.2, 0.25) is 5.91 Å². The van der Waals surface area contributed by atoms with Crippen LogP contribution in [0, 0.1) is 18.2 Å². The molecular formula is C25H27ClFN7O. The van der Waals surface area contributed by atoms with Crippen LogP contribution in [-0.2, 0) is 4.79 Å². The van der Waals surface area contributed by atoms with Gasteiger partial charge in [-0.15, -0.1) is 0 Å². The van der Waals surface area contributed by atoms with E-state index < -0.39 is 5.82 Å². The van der Waals surface area contributed by atoms with E-state index in [1.807, 2.05) is 0 Å². The van der Waals surface area contributed by atoms with Crippen molar-refractivity contribution in [2.45, 2.75) is 13.3 Å². The maximum Gasteiger partial charge on any atom is 0.226 e. The number of benzene rings is 1. The molecule has 0 saturated carbocycles. The predicted octanol–water partition coefficient (Wildman–Crippen LogP) is 3.96. The molecule has 2 aliphatic heterocycles. The van der Waals surface area contributed by atoms with Crippen molar-refractivity contribution in [3.05, 3.63) is 59.1 Å². The van der Waals surface area contributed by atoms with Crippen LogP contribution < -0.4 is 10.6 Å². The Hall–Kier alpha value is -3.14. The summed E-state index contributed by atoms with van der Waals surface area (Å²) in [4.78, 5) is 21.4. The Morgan fingerprint density at radius 2 is 1.94 bits per heavy atom. The Bertz CT molecular complexity index is 1260. The number of anilines is 3. The lowest BCUT2D eigenvalue weighted by atomic mass is 9.73. The van der Waals surface area contributed by atoms with Crippen molar-refractivity contribution in [1.29, 1.82) is 0 Å². The molecule has 0 bridgehead atoms. The van der Waals surface area contributed by atoms with Gasteiger partial charge in [-0.25, -0.2) is 9.37 Å². The second-order valence-corrected chi connectivity index (χ2v) is 10.0. The Kier molecular flexibility index (Phi) is 6.39. The Labute approximate surface area is 208 Å². The summed E-state index contributed by atoms with van der Waals surface area (Å²) >= 11 is 6.03. The fraction of sp³-hybridized carbons (Fsp3) is 0.360. The number of hydrogen-bond acceptors (Lipinski definition) is 7. The van der Waals surface area contributed by atoms with E-state index in [2.05, 4.69) is 42.7 Å². The summed E-state index contributed by atoms with van der Waals surface area (Å²) in [6.07, 6.45) is 2.04. The van der Waals surface area contributed by atoms with Crippen LogP contribution >= 0.6 is 11.6 Å². The highest BCUT2D eigenvalue weighted by atomic mass is 35.5. The van der Waals surface area contributed by atoms with Gasteiger partial charge in [0.05, 0.1) is 17.1 Å². The highest BCUT2D eigenvalue weighted by Gasteiger charge is 2.49. The first-order valence-corrected chi connectivity index (χ1v) is 11.9. The molecule has 0 atom stereocenters. The number of nitrogens with one attached hydrogen (secondary N) is 2. The normalized spacial score (nSPS) is 17.0. The Morgan fingerprint density at radius 1 is 1.14 bits per heavy atom. The molecule has 3 aromatic rings. The highest BCUT2D eigenvalue weighted by molar-refractivity contribution is 6.30. The molecule has 2 N–H and O–H groups in total. The minimum absolute atomic E-state index is 0.0678. The van der Waals surface area contributed by atoms with Crippen molar-refractivity contribution in [2.24, 2.45) is 5.41 Å². The zero-order chi connectivity index (χ0) is 24.6. The number of likely N-dealkylation sites (tertiary alicyclic amines) is 2. The molecule has 0 unspecified atom stereocenters. The van der Waals surface area contributed by atoms with Crippen LogP contribution in [0.4, 0.5) is 21.6 Å². The van der Waals surface area contributed by atoms with E-state index in [-0.39, 0.29) is 11.5 Å². The molecular weight excluding hydrogens is 469 g/mol. The molecule has 4 heterocycles. The lowest BCUT2D eigenvalue weighted by Gasteiger charge is -2.59. The third-order valence-electron chi connectivity index (χ3n) is 6.47. The van der Waals surface area contributed by atoms with Crippen molar-refractivity contribution in [2.75, 3.05) is 50.4 Å². The molecule has 0 aliphatic carbocycles. The van der Waals surface area contributed by atoms with Gasteiger partial charge in [-0.05, 0) is 44.3 Å². The quantitative estimate of drug-likeness (QED) is 0.513. The first kappa shape index (κ1) is 23.6. The summed E-state index contributed by atoms with van der Waals surface area (Å²) < 4.78 is 14.3. The van der Waals surface area contributed by atoms with Gasteiger partial charge in [0.25, 0.3) is 0 Å². The maximum absolute atomic E-state index is 14.3. The second kappa shape index (κ2) is 9.49. The molecule has 10 heteroatoms. The van der Waals surface area contributed by atoms with E-state index in [0.717, 1.165) is 32.7 Å². The molecule has 2 aromatic heterocycles. The first-order valence-electron chi connectivity index (χ1n) is 11.5. The summed E-state index contributed by atoms with van der Waals surface area (Å²) in [6.45, 7) is 7.01. The minimum Gasteiger partial charge on any atom is -0.354 e. The number of aromatic nitrogens is 3. The van der Waals surface area contributed by atoms with E-state index >= 15 is 0 Å². The van der Waals surface area contributed by atoms with Crippen molar-refractivity contribution < 1.29 is 9.18 Å². The zero-order valence-corrected chi connectivity index (χ0v) is 20.4. The number of carbonyl (C=O) groups is 1. The minimum atomic E-state index is -0.430. The van der Waals surface area contributed by atoms with Crippen molar-refractivity contribution >= 4 is 34.7 Å². The molecule has 1 aromatic carbocycles. The SMILES string of the molecule is Cc1nnc(-c2cc(Cl)ccc2F)cc1Nc1ccnc(NC(=O)CCN2CC3(CN(C)C3)C2)c1. The molecule has 0 radical (unpaired) electrons. The van der Waals surface area contributed by atoms with Gasteiger partial charge in [-0.2, -0.15) is 10.2 Å². The summed E-state index contributed by atoms with van der Waals surface area (Å²) in [5.41, 5.74) is 3.11. The number of nitrogens with zero attached hydrogens (tertiary/aromatic N) is 5. The van der Waals surface area contributed by atoms with E-state index in [0.29, 0.717) is 45.4 Å². The number of rotatable bonds is 7. The predicted molar refractivity (Wildman–Crippen MR) is 134 cm³/mol. The lowest BCUT2D eigenvalue weighted by Crippen LogP contribution is -2.71. The second-order valence-electron chi connectivity index (χ2n) is 9.59. The van der Waals surface area contributed by atoms with E-state index in [1.54, 1.807) is 31.3 Å². The summed E-state index contributed by atoms with van der Waals surface area (Å²) in [5, 5.41) is 14.8. The van der Waals surface area contributed by atoms with Gasteiger partial charge in [-0.3, -0.25) is 4.79 Å². The third-order valence-corrected chi connectivity index (χ3v) is 6.71. The molecule has 8 nitrogen and oxygen atoms in total. The van der Waals surface area contributed by atoms with Crippen molar-refractivity contribution in [1.82, 2.24) is 25.0 Å². The number of carbonyl (C=O) groups excluding carboxylic acids is 1. The van der Waals surface area contributed by atoms with Gasteiger partial charge >= 0.3 is 0 Å². The topological polar surface area (TPSA) is 86.3 Å². The molecule has 2 saturated heterocycles. The number of halogens is 2. The van der Waals surface area contributed by atoms with Crippen LogP contribution in [0.5, 0.6) is 0 Å². The van der Waals surface area contributed by atoms with Gasteiger partial charge in [0.1, 0.15) is 11.6 Å². The highest BCUT2D eigenvalue weighted by Crippen LogP contribution is 2.38. The molecule has 182 valence electrons. The molecule has 1 spiro atoms. The number of hydrogen-bond donors (Lipinski definition) is 2.